The standard InChI is InChI=1S/C22H23N3O4/c1-28-19-6-7-20-17(13-19)12-18(24-20)14-23-21(26)15-2-4-16(5-3-15)22(27)25-8-10-29-11-9-25/h2-7,12-13,24H,8-11,14H2,1H3,(H,23,26). The summed E-state index contributed by atoms with van der Waals surface area (Å²) in [7, 11) is 1.63. The van der Waals surface area contributed by atoms with Gasteiger partial charge in [0.1, 0.15) is 5.75 Å². The second kappa shape index (κ2) is 8.36. The molecule has 29 heavy (non-hydrogen) atoms. The third kappa shape index (κ3) is 4.25. The SMILES string of the molecule is COc1ccc2[nH]c(CNC(=O)c3ccc(C(=O)N4CCOCC4)cc3)cc2c1. The molecule has 7 heteroatoms. The molecule has 1 aliphatic heterocycles. The van der Waals surface area contributed by atoms with E-state index in [1.807, 2.05) is 24.3 Å². The minimum Gasteiger partial charge on any atom is -0.497 e. The summed E-state index contributed by atoms with van der Waals surface area (Å²) in [4.78, 5) is 30.0. The third-order valence-corrected chi connectivity index (χ3v) is 5.02. The van der Waals surface area contributed by atoms with Crippen LogP contribution in [0, 0.1) is 0 Å². The third-order valence-electron chi connectivity index (χ3n) is 5.02. The number of H-pyrrole nitrogens is 1. The van der Waals surface area contributed by atoms with E-state index >= 15 is 0 Å². The van der Waals surface area contributed by atoms with Crippen molar-refractivity contribution >= 4 is 22.7 Å². The molecule has 0 unspecified atom stereocenters. The van der Waals surface area contributed by atoms with Crippen molar-refractivity contribution in [1.29, 1.82) is 0 Å². The number of ether oxygens (including phenoxy) is 2. The van der Waals surface area contributed by atoms with Crippen LogP contribution in [-0.4, -0.2) is 55.1 Å². The van der Waals surface area contributed by atoms with E-state index in [9.17, 15) is 9.59 Å². The smallest absolute Gasteiger partial charge is 0.254 e. The van der Waals surface area contributed by atoms with Gasteiger partial charge in [-0.3, -0.25) is 9.59 Å². The normalized spacial score (nSPS) is 14.0. The Labute approximate surface area is 168 Å². The average molecular weight is 393 g/mol. The Morgan fingerprint density at radius 2 is 1.79 bits per heavy atom. The quantitative estimate of drug-likeness (QED) is 0.698. The largest absolute Gasteiger partial charge is 0.497 e. The van der Waals surface area contributed by atoms with Gasteiger partial charge in [-0.05, 0) is 48.5 Å². The number of nitrogens with zero attached hydrogens (tertiary/aromatic N) is 1. The molecule has 1 saturated heterocycles. The average Bonchev–Trinajstić information content (AvgIpc) is 3.19. The summed E-state index contributed by atoms with van der Waals surface area (Å²) in [5.74, 6) is 0.569. The Hall–Kier alpha value is -3.32. The highest BCUT2D eigenvalue weighted by molar-refractivity contribution is 5.97. The van der Waals surface area contributed by atoms with E-state index in [1.54, 1.807) is 36.3 Å². The summed E-state index contributed by atoms with van der Waals surface area (Å²) in [6.07, 6.45) is 0. The van der Waals surface area contributed by atoms with Crippen LogP contribution in [0.5, 0.6) is 5.75 Å². The number of nitrogens with one attached hydrogen (secondary N) is 2. The number of aromatic amines is 1. The first-order valence-electron chi connectivity index (χ1n) is 9.55. The van der Waals surface area contributed by atoms with E-state index in [-0.39, 0.29) is 11.8 Å². The van der Waals surface area contributed by atoms with Crippen molar-refractivity contribution in [1.82, 2.24) is 15.2 Å². The van der Waals surface area contributed by atoms with Gasteiger partial charge >= 0.3 is 0 Å². The predicted molar refractivity (Wildman–Crippen MR) is 109 cm³/mol. The predicted octanol–water partition coefficient (Wildman–Crippen LogP) is 2.58. The molecule has 0 aliphatic carbocycles. The summed E-state index contributed by atoms with van der Waals surface area (Å²) in [6.45, 7) is 2.69. The maximum absolute atomic E-state index is 12.5. The summed E-state index contributed by atoms with van der Waals surface area (Å²) >= 11 is 0. The van der Waals surface area contributed by atoms with Gasteiger partial charge < -0.3 is 24.7 Å². The lowest BCUT2D eigenvalue weighted by Crippen LogP contribution is -2.40. The first-order valence-corrected chi connectivity index (χ1v) is 9.55. The molecule has 1 aromatic heterocycles. The Morgan fingerprint density at radius 1 is 1.07 bits per heavy atom. The molecular weight excluding hydrogens is 370 g/mol. The number of carbonyl (C=O) groups excluding carboxylic acids is 2. The van der Waals surface area contributed by atoms with Gasteiger partial charge in [0, 0.05) is 40.8 Å². The molecule has 2 N–H and O–H groups in total. The molecular formula is C22H23N3O4. The number of fused-ring (bicyclic) bond motifs is 1. The first-order chi connectivity index (χ1) is 14.1. The highest BCUT2D eigenvalue weighted by Gasteiger charge is 2.18. The molecule has 2 aromatic carbocycles. The lowest BCUT2D eigenvalue weighted by molar-refractivity contribution is 0.0303. The van der Waals surface area contributed by atoms with Gasteiger partial charge in [-0.25, -0.2) is 0 Å². The summed E-state index contributed by atoms with van der Waals surface area (Å²) in [5, 5.41) is 3.93. The highest BCUT2D eigenvalue weighted by Crippen LogP contribution is 2.21. The van der Waals surface area contributed by atoms with Crippen LogP contribution < -0.4 is 10.1 Å². The molecule has 3 aromatic rings. The van der Waals surface area contributed by atoms with Gasteiger partial charge in [-0.2, -0.15) is 0 Å². The number of hydrogen-bond acceptors (Lipinski definition) is 4. The molecule has 0 saturated carbocycles. The topological polar surface area (TPSA) is 83.7 Å². The van der Waals surface area contributed by atoms with Gasteiger partial charge in [-0.15, -0.1) is 0 Å². The van der Waals surface area contributed by atoms with Crippen molar-refractivity contribution in [3.8, 4) is 5.75 Å². The molecule has 150 valence electrons. The second-order valence-corrected chi connectivity index (χ2v) is 6.91. The lowest BCUT2D eigenvalue weighted by Gasteiger charge is -2.26. The zero-order valence-corrected chi connectivity index (χ0v) is 16.2. The van der Waals surface area contributed by atoms with E-state index in [0.717, 1.165) is 22.3 Å². The number of methoxy groups -OCH3 is 1. The van der Waals surface area contributed by atoms with Gasteiger partial charge in [0.25, 0.3) is 11.8 Å². The molecule has 2 amide bonds. The molecule has 4 rings (SSSR count). The van der Waals surface area contributed by atoms with Crippen molar-refractivity contribution in [3.05, 3.63) is 65.4 Å². The van der Waals surface area contributed by atoms with E-state index in [4.69, 9.17) is 9.47 Å². The van der Waals surface area contributed by atoms with Crippen LogP contribution in [0.1, 0.15) is 26.4 Å². The fourth-order valence-electron chi connectivity index (χ4n) is 3.38. The van der Waals surface area contributed by atoms with E-state index in [0.29, 0.717) is 44.0 Å². The van der Waals surface area contributed by atoms with E-state index < -0.39 is 0 Å². The van der Waals surface area contributed by atoms with E-state index in [2.05, 4.69) is 10.3 Å². The maximum Gasteiger partial charge on any atom is 0.254 e. The Bertz CT molecular complexity index is 1020. The van der Waals surface area contributed by atoms with Crippen LogP contribution in [-0.2, 0) is 11.3 Å². The van der Waals surface area contributed by atoms with Crippen LogP contribution in [0.4, 0.5) is 0 Å². The lowest BCUT2D eigenvalue weighted by atomic mass is 10.1. The number of aromatic nitrogens is 1. The summed E-state index contributed by atoms with van der Waals surface area (Å²) in [5.41, 5.74) is 2.98. The van der Waals surface area contributed by atoms with Crippen LogP contribution in [0.2, 0.25) is 0 Å². The minimum absolute atomic E-state index is 0.0336. The van der Waals surface area contributed by atoms with Crippen LogP contribution in [0.25, 0.3) is 10.9 Å². The van der Waals surface area contributed by atoms with Crippen molar-refractivity contribution in [2.24, 2.45) is 0 Å². The number of carbonyl (C=O) groups is 2. The molecule has 7 nitrogen and oxygen atoms in total. The molecule has 0 radical (unpaired) electrons. The van der Waals surface area contributed by atoms with Crippen LogP contribution >= 0.6 is 0 Å². The molecule has 0 bridgehead atoms. The number of rotatable bonds is 5. The second-order valence-electron chi connectivity index (χ2n) is 6.91. The molecule has 1 fully saturated rings. The first kappa shape index (κ1) is 19.0. The maximum atomic E-state index is 12.5. The molecule has 0 atom stereocenters. The van der Waals surface area contributed by atoms with Crippen molar-refractivity contribution < 1.29 is 19.1 Å². The molecule has 0 spiro atoms. The number of benzene rings is 2. The minimum atomic E-state index is -0.188. The monoisotopic (exact) mass is 393 g/mol. The Balaban J connectivity index is 1.37. The fraction of sp³-hybridized carbons (Fsp3) is 0.273. The van der Waals surface area contributed by atoms with Crippen LogP contribution in [0.15, 0.2) is 48.5 Å². The van der Waals surface area contributed by atoms with Crippen molar-refractivity contribution in [2.75, 3.05) is 33.4 Å². The van der Waals surface area contributed by atoms with Crippen molar-refractivity contribution in [2.45, 2.75) is 6.54 Å². The number of hydrogen-bond donors (Lipinski definition) is 2. The summed E-state index contributed by atoms with van der Waals surface area (Å²) < 4.78 is 10.5. The highest BCUT2D eigenvalue weighted by atomic mass is 16.5. The van der Waals surface area contributed by atoms with Crippen LogP contribution in [0.3, 0.4) is 0 Å². The van der Waals surface area contributed by atoms with Gasteiger partial charge in [-0.1, -0.05) is 0 Å². The summed E-state index contributed by atoms with van der Waals surface area (Å²) in [6, 6.07) is 14.5. The Morgan fingerprint density at radius 3 is 2.52 bits per heavy atom. The number of amides is 2. The Kier molecular flexibility index (Phi) is 5.48. The fourth-order valence-corrected chi connectivity index (χ4v) is 3.38. The number of morpholine rings is 1. The molecule has 2 heterocycles. The molecule has 1 aliphatic rings. The van der Waals surface area contributed by atoms with Gasteiger partial charge in [0.05, 0.1) is 26.9 Å². The van der Waals surface area contributed by atoms with Gasteiger partial charge in [0.2, 0.25) is 0 Å². The van der Waals surface area contributed by atoms with Crippen molar-refractivity contribution in [3.63, 3.8) is 0 Å². The zero-order chi connectivity index (χ0) is 20.2. The van der Waals surface area contributed by atoms with Gasteiger partial charge in [0.15, 0.2) is 0 Å². The zero-order valence-electron chi connectivity index (χ0n) is 16.2. The van der Waals surface area contributed by atoms with E-state index in [1.165, 1.54) is 0 Å².